The number of rotatable bonds is 4. The van der Waals surface area contributed by atoms with Crippen LogP contribution in [0, 0.1) is 11.3 Å². The molecule has 2 aromatic rings. The fraction of sp³-hybridized carbons (Fsp3) is 0.471. The van der Waals surface area contributed by atoms with Crippen LogP contribution in [0.15, 0.2) is 18.3 Å². The highest BCUT2D eigenvalue weighted by molar-refractivity contribution is 5.89. The highest BCUT2D eigenvalue weighted by Gasteiger charge is 2.22. The average molecular weight is 311 g/mol. The Morgan fingerprint density at radius 2 is 2.22 bits per heavy atom. The van der Waals surface area contributed by atoms with Crippen LogP contribution in [-0.4, -0.2) is 28.2 Å². The zero-order valence-corrected chi connectivity index (χ0v) is 13.4. The lowest BCUT2D eigenvalue weighted by molar-refractivity contribution is 0.236. The molecule has 0 bridgehead atoms. The Morgan fingerprint density at radius 1 is 1.39 bits per heavy atom. The molecule has 2 heterocycles. The van der Waals surface area contributed by atoms with Crippen molar-refractivity contribution in [2.75, 3.05) is 5.32 Å². The smallest absolute Gasteiger partial charge is 0.223 e. The van der Waals surface area contributed by atoms with Gasteiger partial charge in [-0.05, 0) is 45.2 Å². The van der Waals surface area contributed by atoms with Crippen LogP contribution in [0.4, 0.5) is 5.82 Å². The van der Waals surface area contributed by atoms with Gasteiger partial charge >= 0.3 is 0 Å². The largest absolute Gasteiger partial charge is 0.474 e. The molecular weight excluding hydrogens is 290 g/mol. The first-order chi connectivity index (χ1) is 11.0. The lowest BCUT2D eigenvalue weighted by Crippen LogP contribution is -2.21. The van der Waals surface area contributed by atoms with Gasteiger partial charge in [-0.1, -0.05) is 0 Å². The monoisotopic (exact) mass is 311 g/mol. The minimum Gasteiger partial charge on any atom is -0.474 e. The SMILES string of the molecule is CC(C)Oc1nc(C#N)cc2cnc(N[C@H]3CC[C@H](N)C3)cc12. The van der Waals surface area contributed by atoms with Gasteiger partial charge in [0.25, 0.3) is 0 Å². The number of nitrogens with one attached hydrogen (secondary N) is 1. The fourth-order valence-electron chi connectivity index (χ4n) is 2.92. The Hall–Kier alpha value is -2.39. The minimum atomic E-state index is -0.0166. The Morgan fingerprint density at radius 3 is 2.87 bits per heavy atom. The van der Waals surface area contributed by atoms with Crippen molar-refractivity contribution < 1.29 is 4.74 Å². The summed E-state index contributed by atoms with van der Waals surface area (Å²) < 4.78 is 5.77. The second-order valence-electron chi connectivity index (χ2n) is 6.30. The van der Waals surface area contributed by atoms with Crippen molar-refractivity contribution in [3.05, 3.63) is 24.0 Å². The number of nitrogens with zero attached hydrogens (tertiary/aromatic N) is 3. The molecule has 0 aromatic carbocycles. The highest BCUT2D eigenvalue weighted by atomic mass is 16.5. The van der Waals surface area contributed by atoms with Crippen LogP contribution in [0.3, 0.4) is 0 Å². The van der Waals surface area contributed by atoms with Gasteiger partial charge < -0.3 is 15.8 Å². The van der Waals surface area contributed by atoms with Crippen LogP contribution in [0.2, 0.25) is 0 Å². The standard InChI is InChI=1S/C17H21N5O/c1-10(2)23-17-15-7-16(21-13-4-3-12(19)6-13)20-9-11(15)5-14(8-18)22-17/h5,7,9-10,12-13H,3-4,6,19H2,1-2H3,(H,20,21)/t12-,13-/m0/s1. The van der Waals surface area contributed by atoms with Gasteiger partial charge in [-0.25, -0.2) is 9.97 Å². The molecule has 0 spiro atoms. The lowest BCUT2D eigenvalue weighted by Gasteiger charge is -2.15. The summed E-state index contributed by atoms with van der Waals surface area (Å²) in [5, 5.41) is 14.3. The zero-order chi connectivity index (χ0) is 16.4. The molecule has 0 unspecified atom stereocenters. The van der Waals surface area contributed by atoms with E-state index in [1.807, 2.05) is 19.9 Å². The van der Waals surface area contributed by atoms with Gasteiger partial charge in [-0.3, -0.25) is 0 Å². The quantitative estimate of drug-likeness (QED) is 0.900. The molecule has 1 aliphatic carbocycles. The first-order valence-corrected chi connectivity index (χ1v) is 7.95. The van der Waals surface area contributed by atoms with Crippen molar-refractivity contribution >= 4 is 16.6 Å². The van der Waals surface area contributed by atoms with Gasteiger partial charge in [-0.2, -0.15) is 5.26 Å². The first kappa shape index (κ1) is 15.5. The molecule has 120 valence electrons. The molecule has 23 heavy (non-hydrogen) atoms. The normalized spacial score (nSPS) is 20.7. The minimum absolute atomic E-state index is 0.0166. The number of ether oxygens (including phenoxy) is 1. The molecule has 0 aliphatic heterocycles. The summed E-state index contributed by atoms with van der Waals surface area (Å²) in [4.78, 5) is 8.73. The van der Waals surface area contributed by atoms with Crippen LogP contribution in [-0.2, 0) is 0 Å². The molecule has 1 fully saturated rings. The number of pyridine rings is 2. The topological polar surface area (TPSA) is 96.8 Å². The number of fused-ring (bicyclic) bond motifs is 1. The van der Waals surface area contributed by atoms with Crippen molar-refractivity contribution in [1.82, 2.24) is 9.97 Å². The van der Waals surface area contributed by atoms with Crippen molar-refractivity contribution in [2.24, 2.45) is 5.73 Å². The van der Waals surface area contributed by atoms with Crippen LogP contribution in [0.5, 0.6) is 5.88 Å². The summed E-state index contributed by atoms with van der Waals surface area (Å²) in [7, 11) is 0. The van der Waals surface area contributed by atoms with Gasteiger partial charge in [-0.15, -0.1) is 0 Å². The molecular formula is C17H21N5O. The van der Waals surface area contributed by atoms with E-state index in [1.165, 1.54) is 0 Å². The van der Waals surface area contributed by atoms with Gasteiger partial charge in [0.1, 0.15) is 17.6 Å². The number of anilines is 1. The summed E-state index contributed by atoms with van der Waals surface area (Å²) in [5.41, 5.74) is 6.29. The summed E-state index contributed by atoms with van der Waals surface area (Å²) in [6.45, 7) is 3.87. The Bertz CT molecular complexity index is 752. The second kappa shape index (κ2) is 6.39. The maximum atomic E-state index is 9.11. The van der Waals surface area contributed by atoms with Gasteiger partial charge in [0, 0.05) is 29.1 Å². The van der Waals surface area contributed by atoms with E-state index in [0.29, 0.717) is 17.6 Å². The molecule has 6 heteroatoms. The van der Waals surface area contributed by atoms with Gasteiger partial charge in [0.2, 0.25) is 5.88 Å². The van der Waals surface area contributed by atoms with Crippen LogP contribution in [0.1, 0.15) is 38.8 Å². The van der Waals surface area contributed by atoms with Crippen molar-refractivity contribution in [3.8, 4) is 11.9 Å². The van der Waals surface area contributed by atoms with Crippen LogP contribution >= 0.6 is 0 Å². The van der Waals surface area contributed by atoms with Crippen molar-refractivity contribution in [1.29, 1.82) is 5.26 Å². The third-order valence-electron chi connectivity index (χ3n) is 3.97. The maximum absolute atomic E-state index is 9.11. The summed E-state index contributed by atoms with van der Waals surface area (Å²) in [6.07, 6.45) is 4.79. The van der Waals surface area contributed by atoms with Crippen LogP contribution < -0.4 is 15.8 Å². The molecule has 6 nitrogen and oxygen atoms in total. The maximum Gasteiger partial charge on any atom is 0.223 e. The fourth-order valence-corrected chi connectivity index (χ4v) is 2.92. The highest BCUT2D eigenvalue weighted by Crippen LogP contribution is 2.28. The van der Waals surface area contributed by atoms with E-state index in [-0.39, 0.29) is 12.1 Å². The Balaban J connectivity index is 1.95. The predicted octanol–water partition coefficient (Wildman–Crippen LogP) is 2.58. The molecule has 0 saturated heterocycles. The zero-order valence-electron chi connectivity index (χ0n) is 13.4. The first-order valence-electron chi connectivity index (χ1n) is 7.95. The van der Waals surface area contributed by atoms with E-state index >= 15 is 0 Å². The van der Waals surface area contributed by atoms with Gasteiger partial charge in [0.05, 0.1) is 6.10 Å². The summed E-state index contributed by atoms with van der Waals surface area (Å²) in [5.74, 6) is 1.26. The van der Waals surface area contributed by atoms with E-state index < -0.39 is 0 Å². The van der Waals surface area contributed by atoms with Gasteiger partial charge in [0.15, 0.2) is 0 Å². The number of nitriles is 1. The molecule has 3 rings (SSSR count). The Kier molecular flexibility index (Phi) is 4.30. The third-order valence-corrected chi connectivity index (χ3v) is 3.97. The Labute approximate surface area is 135 Å². The molecule has 2 aromatic heterocycles. The molecule has 0 radical (unpaired) electrons. The number of aromatic nitrogens is 2. The molecule has 0 amide bonds. The molecule has 2 atom stereocenters. The number of nitrogens with two attached hydrogens (primary N) is 1. The van der Waals surface area contributed by atoms with Crippen molar-refractivity contribution in [2.45, 2.75) is 51.3 Å². The van der Waals surface area contributed by atoms with Crippen LogP contribution in [0.25, 0.3) is 10.8 Å². The average Bonchev–Trinajstić information content (AvgIpc) is 2.92. The van der Waals surface area contributed by atoms with Crippen molar-refractivity contribution in [3.63, 3.8) is 0 Å². The summed E-state index contributed by atoms with van der Waals surface area (Å²) in [6, 6.07) is 6.35. The van der Waals surface area contributed by atoms with E-state index in [2.05, 4.69) is 21.4 Å². The lowest BCUT2D eigenvalue weighted by atomic mass is 10.2. The second-order valence-corrected chi connectivity index (χ2v) is 6.30. The molecule has 1 aliphatic rings. The van der Waals surface area contributed by atoms with E-state index in [9.17, 15) is 0 Å². The predicted molar refractivity (Wildman–Crippen MR) is 89.3 cm³/mol. The molecule has 3 N–H and O–H groups in total. The number of hydrogen-bond donors (Lipinski definition) is 2. The van der Waals surface area contributed by atoms with E-state index in [0.717, 1.165) is 35.9 Å². The number of hydrogen-bond acceptors (Lipinski definition) is 6. The third kappa shape index (κ3) is 3.51. The van der Waals surface area contributed by atoms with E-state index in [1.54, 1.807) is 12.3 Å². The molecule has 1 saturated carbocycles. The van der Waals surface area contributed by atoms with E-state index in [4.69, 9.17) is 15.7 Å². The summed E-state index contributed by atoms with van der Waals surface area (Å²) >= 11 is 0.